The molecule has 0 spiro atoms. The molecule has 1 aliphatic carbocycles. The fourth-order valence-corrected chi connectivity index (χ4v) is 2.90. The number of hydrogen-bond acceptors (Lipinski definition) is 5. The summed E-state index contributed by atoms with van der Waals surface area (Å²) in [6.45, 7) is 2.30. The molecule has 12 heteroatoms. The number of aromatic amines is 1. The normalized spacial score (nSPS) is 14.8. The largest absolute Gasteiger partial charge is 0.405 e. The second-order valence-corrected chi connectivity index (χ2v) is 8.04. The van der Waals surface area contributed by atoms with Gasteiger partial charge in [-0.05, 0) is 30.7 Å². The minimum Gasteiger partial charge on any atom is -0.356 e. The summed E-state index contributed by atoms with van der Waals surface area (Å²) in [5.41, 5.74) is 0.696. The molecule has 0 aromatic carbocycles. The number of anilines is 1. The molecule has 2 aromatic heterocycles. The van der Waals surface area contributed by atoms with E-state index in [0.29, 0.717) is 18.0 Å². The number of carbonyl (C=O) groups excluding carboxylic acids is 2. The fourth-order valence-electron chi connectivity index (χ4n) is 2.90. The number of amides is 2. The number of rotatable bonds is 9. The summed E-state index contributed by atoms with van der Waals surface area (Å²) in [5.74, 6) is -2.31. The number of H-pyrrole nitrogens is 1. The molecule has 2 heterocycles. The van der Waals surface area contributed by atoms with Gasteiger partial charge < -0.3 is 20.9 Å². The molecule has 4 N–H and O–H groups in total. The summed E-state index contributed by atoms with van der Waals surface area (Å²) in [4.78, 5) is 35.2. The van der Waals surface area contributed by atoms with E-state index < -0.39 is 36.4 Å². The molecule has 0 aliphatic heterocycles. The van der Waals surface area contributed by atoms with Crippen molar-refractivity contribution in [3.63, 3.8) is 0 Å². The Morgan fingerprint density at radius 3 is 2.62 bits per heavy atom. The molecule has 1 aliphatic rings. The average molecular weight is 465 g/mol. The van der Waals surface area contributed by atoms with Gasteiger partial charge in [-0.1, -0.05) is 13.8 Å². The summed E-state index contributed by atoms with van der Waals surface area (Å²) in [6.07, 6.45) is -0.00188. The van der Waals surface area contributed by atoms with E-state index >= 15 is 0 Å². The molecule has 3 rings (SSSR count). The third-order valence-corrected chi connectivity index (χ3v) is 4.88. The Kier molecular flexibility index (Phi) is 6.99. The lowest BCUT2D eigenvalue weighted by molar-refractivity contribution is -0.139. The maximum absolute atomic E-state index is 14.3. The minimum atomic E-state index is -4.57. The second-order valence-electron chi connectivity index (χ2n) is 8.04. The maximum atomic E-state index is 14.3. The van der Waals surface area contributed by atoms with Gasteiger partial charge in [-0.2, -0.15) is 13.2 Å². The van der Waals surface area contributed by atoms with Gasteiger partial charge in [0.1, 0.15) is 18.3 Å². The minimum absolute atomic E-state index is 0. The summed E-state index contributed by atoms with van der Waals surface area (Å²) in [7, 11) is 0. The number of aromatic nitrogens is 3. The Labute approximate surface area is 187 Å². The van der Waals surface area contributed by atoms with Crippen LogP contribution in [0.4, 0.5) is 23.4 Å². The molecule has 32 heavy (non-hydrogen) atoms. The number of carbonyl (C=O) groups is 2. The summed E-state index contributed by atoms with van der Waals surface area (Å²) >= 11 is 0. The molecule has 0 saturated heterocycles. The Hall–Kier alpha value is -3.18. The zero-order chi connectivity index (χ0) is 23.5. The molecule has 1 fully saturated rings. The highest BCUT2D eigenvalue weighted by molar-refractivity contribution is 5.93. The first-order valence-electron chi connectivity index (χ1n) is 10.1. The second kappa shape index (κ2) is 9.53. The molecular weight excluding hydrogens is 432 g/mol. The Balaban J connectivity index is 0. The van der Waals surface area contributed by atoms with Crippen molar-refractivity contribution >= 4 is 17.6 Å². The number of alkyl halides is 3. The number of halogens is 4. The SMILES string of the molecule is CC(C)[C@@H](Nc1nc(-c2c[nH]c(C(=O)NCC3CC3)c2)ncc1F)C(=O)NCC(F)(F)F.[HH].[HH].[HH].[HH]. The van der Waals surface area contributed by atoms with Gasteiger partial charge in [0.2, 0.25) is 5.91 Å². The van der Waals surface area contributed by atoms with E-state index in [1.807, 2.05) is 0 Å². The van der Waals surface area contributed by atoms with Crippen LogP contribution in [0.15, 0.2) is 18.5 Å². The number of nitrogens with zero attached hydrogens (tertiary/aromatic N) is 2. The van der Waals surface area contributed by atoms with Crippen molar-refractivity contribution in [1.82, 2.24) is 25.6 Å². The quantitative estimate of drug-likeness (QED) is 0.421. The first-order chi connectivity index (χ1) is 15.0. The van der Waals surface area contributed by atoms with Crippen molar-refractivity contribution in [2.45, 2.75) is 38.9 Å². The zero-order valence-corrected chi connectivity index (χ0v) is 17.5. The van der Waals surface area contributed by atoms with Gasteiger partial charge in [0.15, 0.2) is 17.5 Å². The highest BCUT2D eigenvalue weighted by Crippen LogP contribution is 2.27. The van der Waals surface area contributed by atoms with E-state index in [-0.39, 0.29) is 28.9 Å². The average Bonchev–Trinajstić information content (AvgIpc) is 3.42. The van der Waals surface area contributed by atoms with Gasteiger partial charge in [-0.25, -0.2) is 14.4 Å². The molecule has 1 saturated carbocycles. The Morgan fingerprint density at radius 1 is 1.28 bits per heavy atom. The third kappa shape index (κ3) is 6.41. The van der Waals surface area contributed by atoms with Crippen LogP contribution in [0.2, 0.25) is 0 Å². The van der Waals surface area contributed by atoms with Gasteiger partial charge in [0, 0.05) is 24.0 Å². The van der Waals surface area contributed by atoms with E-state index in [1.54, 1.807) is 19.2 Å². The molecule has 2 amide bonds. The van der Waals surface area contributed by atoms with Gasteiger partial charge in [-0.15, -0.1) is 0 Å². The molecule has 2 aromatic rings. The standard InChI is InChI=1S/C20H24F4N6O2.4H2/c1-10(2)15(19(32)28-9-20(22,23)24)29-17-13(21)8-26-16(30-17)12-5-14(25-7-12)18(31)27-6-11-3-4-11;;;;/h5,7-8,10-11,15,25H,3-4,6,9H2,1-2H3,(H,27,31)(H,28,32)(H,26,29,30);4*1H/t15-;;;;/m1..../s1. The van der Waals surface area contributed by atoms with Gasteiger partial charge >= 0.3 is 6.18 Å². The predicted octanol–water partition coefficient (Wildman–Crippen LogP) is 3.85. The molecule has 8 nitrogen and oxygen atoms in total. The lowest BCUT2D eigenvalue weighted by Gasteiger charge is -2.23. The molecule has 0 unspecified atom stereocenters. The first-order valence-corrected chi connectivity index (χ1v) is 10.1. The smallest absolute Gasteiger partial charge is 0.356 e. The molecule has 182 valence electrons. The van der Waals surface area contributed by atoms with Crippen LogP contribution in [0.1, 0.15) is 42.9 Å². The van der Waals surface area contributed by atoms with Gasteiger partial charge in [0.25, 0.3) is 5.91 Å². The van der Waals surface area contributed by atoms with Crippen LogP contribution in [0.5, 0.6) is 0 Å². The van der Waals surface area contributed by atoms with E-state index in [0.717, 1.165) is 19.0 Å². The van der Waals surface area contributed by atoms with Crippen LogP contribution >= 0.6 is 0 Å². The first kappa shape index (κ1) is 23.5. The lowest BCUT2D eigenvalue weighted by atomic mass is 10.0. The summed E-state index contributed by atoms with van der Waals surface area (Å²) in [5, 5.41) is 7.17. The van der Waals surface area contributed by atoms with Crippen LogP contribution in [0.25, 0.3) is 11.4 Å². The lowest BCUT2D eigenvalue weighted by Crippen LogP contribution is -2.46. The molecule has 0 bridgehead atoms. The number of hydrogen-bond donors (Lipinski definition) is 4. The summed E-state index contributed by atoms with van der Waals surface area (Å²) in [6, 6.07) is 0.347. The van der Waals surface area contributed by atoms with Crippen molar-refractivity contribution in [2.75, 3.05) is 18.4 Å². The highest BCUT2D eigenvalue weighted by atomic mass is 19.4. The number of nitrogens with one attached hydrogen (secondary N) is 4. The van der Waals surface area contributed by atoms with Crippen LogP contribution < -0.4 is 16.0 Å². The molecular formula is C20H32F4N6O2. The third-order valence-electron chi connectivity index (χ3n) is 4.88. The van der Waals surface area contributed by atoms with Crippen molar-refractivity contribution in [3.8, 4) is 11.4 Å². The van der Waals surface area contributed by atoms with Crippen molar-refractivity contribution in [3.05, 3.63) is 30.0 Å². The van der Waals surface area contributed by atoms with Gasteiger partial charge in [-0.3, -0.25) is 9.59 Å². The highest BCUT2D eigenvalue weighted by Gasteiger charge is 2.31. The molecule has 1 atom stereocenters. The van der Waals surface area contributed by atoms with Crippen LogP contribution in [0.3, 0.4) is 0 Å². The van der Waals surface area contributed by atoms with Crippen molar-refractivity contribution < 1.29 is 32.9 Å². The monoisotopic (exact) mass is 464 g/mol. The van der Waals surface area contributed by atoms with Crippen molar-refractivity contribution in [2.24, 2.45) is 11.8 Å². The Bertz CT molecular complexity index is 989. The van der Waals surface area contributed by atoms with Crippen LogP contribution in [-0.4, -0.2) is 52.1 Å². The van der Waals surface area contributed by atoms with Gasteiger partial charge in [0.05, 0.1) is 6.20 Å². The maximum Gasteiger partial charge on any atom is 0.405 e. The van der Waals surface area contributed by atoms with E-state index in [1.165, 1.54) is 12.3 Å². The fraction of sp³-hybridized carbons (Fsp3) is 0.500. The van der Waals surface area contributed by atoms with E-state index in [4.69, 9.17) is 0 Å². The topological polar surface area (TPSA) is 112 Å². The zero-order valence-electron chi connectivity index (χ0n) is 17.5. The Morgan fingerprint density at radius 2 is 2.00 bits per heavy atom. The van der Waals surface area contributed by atoms with Crippen molar-refractivity contribution in [1.29, 1.82) is 0 Å². The van der Waals surface area contributed by atoms with Crippen LogP contribution in [0, 0.1) is 17.7 Å². The van der Waals surface area contributed by atoms with E-state index in [9.17, 15) is 27.2 Å². The van der Waals surface area contributed by atoms with E-state index in [2.05, 4.69) is 25.6 Å². The predicted molar refractivity (Wildman–Crippen MR) is 117 cm³/mol. The summed E-state index contributed by atoms with van der Waals surface area (Å²) < 4.78 is 51.5. The van der Waals surface area contributed by atoms with Crippen LogP contribution in [-0.2, 0) is 4.79 Å². The molecule has 0 radical (unpaired) electrons.